The van der Waals surface area contributed by atoms with E-state index in [1.54, 1.807) is 109 Å². The summed E-state index contributed by atoms with van der Waals surface area (Å²) in [5, 5.41) is 63.1. The lowest BCUT2D eigenvalue weighted by atomic mass is 9.99. The first-order valence-corrected chi connectivity index (χ1v) is 13.9. The number of hydrogen-bond acceptors (Lipinski definition) is 10. The summed E-state index contributed by atoms with van der Waals surface area (Å²) in [5.74, 6) is -3.38. The molecular weight excluding hydrogens is 616 g/mol. The molecule has 1 saturated heterocycles. The Morgan fingerprint density at radius 1 is 0.511 bits per heavy atom. The third-order valence-electron chi connectivity index (χ3n) is 6.14. The number of esters is 1. The molecule has 0 spiro atoms. The van der Waals surface area contributed by atoms with Crippen molar-refractivity contribution < 1.29 is 64.4 Å². The lowest BCUT2D eigenvalue weighted by molar-refractivity contribution is -0.285. The zero-order valence-electron chi connectivity index (χ0n) is 24.7. The van der Waals surface area contributed by atoms with E-state index in [1.165, 1.54) is 12.1 Å². The predicted molar refractivity (Wildman–Crippen MR) is 166 cm³/mol. The number of aromatic carboxylic acids is 3. The first-order chi connectivity index (χ1) is 22.5. The summed E-state index contributed by atoms with van der Waals surface area (Å²) in [7, 11) is 0. The zero-order chi connectivity index (χ0) is 34.8. The second-order valence-electron chi connectivity index (χ2n) is 9.48. The molecule has 248 valence electrons. The molecule has 47 heavy (non-hydrogen) atoms. The standard InChI is InChI=1S/C13H16O7.3C7H6O2/c14-6-8-9(15)10(16)11(17)13(19-8)20-12(18)7-4-2-1-3-5-7;3*8-7(9)6-4-2-1-3-5-6/h1-5,8-11,13-17H,6H2;3*1-5H,(H,8,9)/t8-,9-,10+,11-,13-;;;/m1.../s1. The highest BCUT2D eigenvalue weighted by molar-refractivity contribution is 5.89. The van der Waals surface area contributed by atoms with Crippen LogP contribution in [0.2, 0.25) is 0 Å². The Hall–Kier alpha value is -5.44. The van der Waals surface area contributed by atoms with Crippen molar-refractivity contribution in [3.63, 3.8) is 0 Å². The summed E-state index contributed by atoms with van der Waals surface area (Å²) < 4.78 is 10.0. The Morgan fingerprint density at radius 3 is 1.11 bits per heavy atom. The van der Waals surface area contributed by atoms with Crippen molar-refractivity contribution in [3.05, 3.63) is 144 Å². The highest BCUT2D eigenvalue weighted by atomic mass is 16.7. The molecule has 1 heterocycles. The van der Waals surface area contributed by atoms with Crippen LogP contribution in [0.1, 0.15) is 41.4 Å². The lowest BCUT2D eigenvalue weighted by Crippen LogP contribution is -2.59. The number of aliphatic hydroxyl groups excluding tert-OH is 4. The SMILES string of the molecule is O=C(O)c1ccccc1.O=C(O)c1ccccc1.O=C(O)c1ccccc1.O=C(O[C@H]1O[C@H](CO)[C@@H](O)[C@H](O)[C@H]1O)c1ccccc1. The summed E-state index contributed by atoms with van der Waals surface area (Å²) in [6.07, 6.45) is -7.23. The number of carbonyl (C=O) groups is 4. The fraction of sp³-hybridized carbons (Fsp3) is 0.176. The molecule has 7 N–H and O–H groups in total. The van der Waals surface area contributed by atoms with Crippen molar-refractivity contribution in [2.45, 2.75) is 30.7 Å². The molecule has 5 atom stereocenters. The second kappa shape index (κ2) is 19.8. The normalized spacial score (nSPS) is 19.4. The van der Waals surface area contributed by atoms with Crippen molar-refractivity contribution in [2.24, 2.45) is 0 Å². The molecule has 13 heteroatoms. The van der Waals surface area contributed by atoms with Crippen molar-refractivity contribution >= 4 is 23.9 Å². The van der Waals surface area contributed by atoms with E-state index in [-0.39, 0.29) is 5.56 Å². The maximum Gasteiger partial charge on any atom is 0.340 e. The van der Waals surface area contributed by atoms with Crippen LogP contribution < -0.4 is 0 Å². The van der Waals surface area contributed by atoms with E-state index in [1.807, 2.05) is 0 Å². The van der Waals surface area contributed by atoms with Gasteiger partial charge in [0.1, 0.15) is 24.4 Å². The fourth-order valence-electron chi connectivity index (χ4n) is 3.65. The van der Waals surface area contributed by atoms with Crippen LogP contribution in [0.15, 0.2) is 121 Å². The number of carboxylic acid groups (broad SMARTS) is 3. The fourth-order valence-corrected chi connectivity index (χ4v) is 3.65. The molecule has 0 aromatic heterocycles. The van der Waals surface area contributed by atoms with E-state index in [0.717, 1.165) is 0 Å². The topological polar surface area (TPSA) is 228 Å². The number of carbonyl (C=O) groups excluding carboxylic acids is 1. The van der Waals surface area contributed by atoms with Gasteiger partial charge in [-0.2, -0.15) is 0 Å². The van der Waals surface area contributed by atoms with E-state index in [0.29, 0.717) is 16.7 Å². The lowest BCUT2D eigenvalue weighted by Gasteiger charge is -2.39. The Morgan fingerprint density at radius 2 is 0.830 bits per heavy atom. The maximum atomic E-state index is 11.8. The molecule has 0 saturated carbocycles. The highest BCUT2D eigenvalue weighted by Gasteiger charge is 2.45. The molecule has 0 radical (unpaired) electrons. The molecule has 1 aliphatic heterocycles. The van der Waals surface area contributed by atoms with Crippen LogP contribution >= 0.6 is 0 Å². The van der Waals surface area contributed by atoms with E-state index in [4.69, 9.17) is 29.9 Å². The van der Waals surface area contributed by atoms with Gasteiger partial charge in [0.25, 0.3) is 0 Å². The molecule has 4 aromatic rings. The molecule has 0 bridgehead atoms. The summed E-state index contributed by atoms with van der Waals surface area (Å²) >= 11 is 0. The molecule has 1 fully saturated rings. The molecule has 0 amide bonds. The summed E-state index contributed by atoms with van der Waals surface area (Å²) in [5.41, 5.74) is 1.25. The minimum atomic E-state index is -1.60. The Bertz CT molecular complexity index is 1400. The predicted octanol–water partition coefficient (Wildman–Crippen LogP) is 2.80. The molecule has 0 aliphatic carbocycles. The number of rotatable bonds is 6. The summed E-state index contributed by atoms with van der Waals surface area (Å²) in [6, 6.07) is 32.9. The minimum absolute atomic E-state index is 0.254. The molecule has 0 unspecified atom stereocenters. The second-order valence-corrected chi connectivity index (χ2v) is 9.48. The number of aliphatic hydroxyl groups is 4. The highest BCUT2D eigenvalue weighted by Crippen LogP contribution is 2.22. The average molecular weight is 651 g/mol. The van der Waals surface area contributed by atoms with Crippen LogP contribution in [0, 0.1) is 0 Å². The smallest absolute Gasteiger partial charge is 0.340 e. The van der Waals surface area contributed by atoms with Gasteiger partial charge in [-0.05, 0) is 48.5 Å². The third-order valence-corrected chi connectivity index (χ3v) is 6.14. The summed E-state index contributed by atoms with van der Waals surface area (Å²) in [4.78, 5) is 42.4. The van der Waals surface area contributed by atoms with Gasteiger partial charge in [-0.1, -0.05) is 72.8 Å². The van der Waals surface area contributed by atoms with Gasteiger partial charge in [0.05, 0.1) is 28.9 Å². The van der Waals surface area contributed by atoms with Gasteiger partial charge in [-0.25, -0.2) is 19.2 Å². The van der Waals surface area contributed by atoms with Gasteiger partial charge in [0, 0.05) is 0 Å². The molecular formula is C34H34O13. The van der Waals surface area contributed by atoms with Gasteiger partial charge >= 0.3 is 23.9 Å². The monoisotopic (exact) mass is 650 g/mol. The van der Waals surface area contributed by atoms with Crippen LogP contribution in [0.25, 0.3) is 0 Å². The molecule has 1 aliphatic rings. The quantitative estimate of drug-likeness (QED) is 0.149. The van der Waals surface area contributed by atoms with Gasteiger partial charge in [-0.3, -0.25) is 0 Å². The molecule has 13 nitrogen and oxygen atoms in total. The zero-order valence-corrected chi connectivity index (χ0v) is 24.7. The Labute approximate surface area is 269 Å². The van der Waals surface area contributed by atoms with Crippen LogP contribution in [-0.2, 0) is 9.47 Å². The first kappa shape index (κ1) is 37.7. The number of carboxylic acids is 3. The van der Waals surface area contributed by atoms with Crippen LogP contribution in [0.5, 0.6) is 0 Å². The largest absolute Gasteiger partial charge is 0.478 e. The van der Waals surface area contributed by atoms with E-state index < -0.39 is 61.2 Å². The molecule has 4 aromatic carbocycles. The number of benzene rings is 4. The van der Waals surface area contributed by atoms with E-state index in [9.17, 15) is 34.5 Å². The van der Waals surface area contributed by atoms with Crippen LogP contribution in [-0.4, -0.2) is 96.9 Å². The van der Waals surface area contributed by atoms with E-state index in [2.05, 4.69) is 0 Å². The average Bonchev–Trinajstić information content (AvgIpc) is 3.10. The van der Waals surface area contributed by atoms with Gasteiger partial charge < -0.3 is 45.2 Å². The van der Waals surface area contributed by atoms with E-state index >= 15 is 0 Å². The van der Waals surface area contributed by atoms with Gasteiger partial charge in [0.15, 0.2) is 0 Å². The minimum Gasteiger partial charge on any atom is -0.478 e. The third kappa shape index (κ3) is 12.8. The van der Waals surface area contributed by atoms with Crippen molar-refractivity contribution in [3.8, 4) is 0 Å². The number of ether oxygens (including phenoxy) is 2. The Balaban J connectivity index is 0.000000238. The van der Waals surface area contributed by atoms with Crippen LogP contribution in [0.4, 0.5) is 0 Å². The van der Waals surface area contributed by atoms with Gasteiger partial charge in [0.2, 0.25) is 6.29 Å². The number of hydrogen-bond donors (Lipinski definition) is 7. The van der Waals surface area contributed by atoms with Gasteiger partial charge in [-0.15, -0.1) is 0 Å². The van der Waals surface area contributed by atoms with Crippen LogP contribution in [0.3, 0.4) is 0 Å². The van der Waals surface area contributed by atoms with Crippen molar-refractivity contribution in [1.29, 1.82) is 0 Å². The van der Waals surface area contributed by atoms with Crippen molar-refractivity contribution in [1.82, 2.24) is 0 Å². The molecule has 5 rings (SSSR count). The maximum absolute atomic E-state index is 11.8. The first-order valence-electron chi connectivity index (χ1n) is 13.9. The van der Waals surface area contributed by atoms with Crippen molar-refractivity contribution in [2.75, 3.05) is 6.61 Å². The summed E-state index contributed by atoms with van der Waals surface area (Å²) in [6.45, 7) is -0.579. The Kier molecular flexibility index (Phi) is 15.9.